The van der Waals surface area contributed by atoms with Gasteiger partial charge in [0.2, 0.25) is 15.7 Å². The highest BCUT2D eigenvalue weighted by molar-refractivity contribution is 7.99. The van der Waals surface area contributed by atoms with Gasteiger partial charge >= 0.3 is 0 Å². The summed E-state index contributed by atoms with van der Waals surface area (Å²) in [6, 6.07) is 15.7. The second-order valence-corrected chi connectivity index (χ2v) is 11.8. The molecule has 0 saturated carbocycles. The number of aromatic nitrogens is 3. The fourth-order valence-corrected chi connectivity index (χ4v) is 6.33. The van der Waals surface area contributed by atoms with Crippen LogP contribution in [-0.4, -0.2) is 40.0 Å². The van der Waals surface area contributed by atoms with Gasteiger partial charge in [0, 0.05) is 23.9 Å². The maximum absolute atomic E-state index is 12.8. The lowest BCUT2D eigenvalue weighted by Crippen LogP contribution is -2.16. The minimum absolute atomic E-state index is 0.0733. The van der Waals surface area contributed by atoms with Crippen LogP contribution in [-0.2, 0) is 27.5 Å². The van der Waals surface area contributed by atoms with Crippen LogP contribution in [0.3, 0.4) is 0 Å². The first kappa shape index (κ1) is 26.2. The lowest BCUT2D eigenvalue weighted by Gasteiger charge is -2.05. The quantitative estimate of drug-likeness (QED) is 0.128. The number of aryl methyl sites for hydroxylation is 2. The van der Waals surface area contributed by atoms with E-state index in [9.17, 15) is 28.1 Å². The van der Waals surface area contributed by atoms with Crippen LogP contribution in [0.4, 0.5) is 10.8 Å². The zero-order chi connectivity index (χ0) is 26.4. The molecule has 0 aliphatic carbocycles. The number of thioether (sulfide) groups is 1. The molecule has 4 aromatic rings. The molecule has 0 spiro atoms. The molecule has 37 heavy (non-hydrogen) atoms. The van der Waals surface area contributed by atoms with Crippen molar-refractivity contribution in [3.8, 4) is 0 Å². The van der Waals surface area contributed by atoms with Gasteiger partial charge in [-0.15, -0.1) is 0 Å². The number of carbonyl (C=O) groups excluding carboxylic acids is 1. The van der Waals surface area contributed by atoms with Gasteiger partial charge in [0.15, 0.2) is 10.3 Å². The van der Waals surface area contributed by atoms with Crippen LogP contribution < -0.4 is 10.9 Å². The van der Waals surface area contributed by atoms with Crippen molar-refractivity contribution in [1.82, 2.24) is 15.0 Å². The number of hydrogen-bond acceptors (Lipinski definition) is 10. The second kappa shape index (κ2) is 11.5. The number of nitro benzene ring substituents is 1. The molecule has 4 rings (SSSR count). The van der Waals surface area contributed by atoms with Crippen LogP contribution >= 0.6 is 23.1 Å². The minimum Gasteiger partial charge on any atom is -0.301 e. The number of hydrogen-bond donors (Lipinski definition) is 2. The SMILES string of the molecule is O=C(CSc1nc(CCc2ccccc2)cc(=O)[nH]1)Nc1ncc(S(=O)(=O)c2ccc([N+](=O)[O-])cc2)s1. The summed E-state index contributed by atoms with van der Waals surface area (Å²) >= 11 is 1.79. The average molecular weight is 558 g/mol. The maximum Gasteiger partial charge on any atom is 0.269 e. The smallest absolute Gasteiger partial charge is 0.269 e. The first-order valence-electron chi connectivity index (χ1n) is 10.7. The molecule has 0 saturated heterocycles. The van der Waals surface area contributed by atoms with E-state index >= 15 is 0 Å². The molecule has 190 valence electrons. The summed E-state index contributed by atoms with van der Waals surface area (Å²) in [6.07, 6.45) is 2.40. The molecule has 1 amide bonds. The van der Waals surface area contributed by atoms with Crippen molar-refractivity contribution in [2.75, 3.05) is 11.1 Å². The highest BCUT2D eigenvalue weighted by atomic mass is 32.2. The zero-order valence-corrected chi connectivity index (χ0v) is 21.4. The average Bonchev–Trinajstić information content (AvgIpc) is 3.36. The predicted molar refractivity (Wildman–Crippen MR) is 139 cm³/mol. The molecule has 0 bridgehead atoms. The van der Waals surface area contributed by atoms with Crippen molar-refractivity contribution in [2.24, 2.45) is 0 Å². The Morgan fingerprint density at radius 3 is 2.54 bits per heavy atom. The van der Waals surface area contributed by atoms with Crippen LogP contribution in [0.15, 0.2) is 85.9 Å². The molecule has 2 aromatic carbocycles. The Labute approximate surface area is 219 Å². The summed E-state index contributed by atoms with van der Waals surface area (Å²) in [4.78, 5) is 45.4. The fraction of sp³-hybridized carbons (Fsp3) is 0.130. The van der Waals surface area contributed by atoms with E-state index in [1.165, 1.54) is 6.07 Å². The van der Waals surface area contributed by atoms with Crippen molar-refractivity contribution < 1.29 is 18.1 Å². The monoisotopic (exact) mass is 557 g/mol. The third-order valence-electron chi connectivity index (χ3n) is 4.98. The molecule has 0 aliphatic rings. The number of nitrogens with zero attached hydrogens (tertiary/aromatic N) is 3. The number of non-ortho nitro benzene ring substituents is 1. The Kier molecular flexibility index (Phi) is 8.11. The van der Waals surface area contributed by atoms with E-state index in [-0.39, 0.29) is 31.2 Å². The number of sulfone groups is 1. The van der Waals surface area contributed by atoms with Crippen LogP contribution in [0.5, 0.6) is 0 Å². The molecule has 0 radical (unpaired) electrons. The van der Waals surface area contributed by atoms with Crippen LogP contribution in [0.25, 0.3) is 0 Å². The van der Waals surface area contributed by atoms with Crippen LogP contribution in [0.2, 0.25) is 0 Å². The fourth-order valence-electron chi connectivity index (χ4n) is 3.19. The lowest BCUT2D eigenvalue weighted by molar-refractivity contribution is -0.384. The first-order valence-corrected chi connectivity index (χ1v) is 14.0. The molecule has 14 heteroatoms. The van der Waals surface area contributed by atoms with Gasteiger partial charge < -0.3 is 10.3 Å². The second-order valence-electron chi connectivity index (χ2n) is 7.60. The summed E-state index contributed by atoms with van der Waals surface area (Å²) in [6.45, 7) is 0. The molecule has 0 fully saturated rings. The van der Waals surface area contributed by atoms with E-state index in [2.05, 4.69) is 20.3 Å². The standard InChI is InChI=1S/C23H19N5O6S3/c29-19-12-16(7-6-15-4-2-1-3-5-15)25-23(26-19)35-14-20(30)27-22-24-13-21(36-22)37(33,34)18-10-8-17(9-11-18)28(31)32/h1-5,8-13H,6-7,14H2,(H,24,27,30)(H,25,26,29). The maximum atomic E-state index is 12.8. The molecule has 0 aliphatic heterocycles. The first-order chi connectivity index (χ1) is 17.7. The largest absolute Gasteiger partial charge is 0.301 e. The predicted octanol–water partition coefficient (Wildman–Crippen LogP) is 3.48. The number of amides is 1. The topological polar surface area (TPSA) is 165 Å². The molecular formula is C23H19N5O6S3. The Morgan fingerprint density at radius 1 is 1.11 bits per heavy atom. The number of thiazole rings is 1. The van der Waals surface area contributed by atoms with E-state index in [1.54, 1.807) is 0 Å². The summed E-state index contributed by atoms with van der Waals surface area (Å²) in [7, 11) is -3.96. The van der Waals surface area contributed by atoms with E-state index in [1.807, 2.05) is 30.3 Å². The molecule has 2 N–H and O–H groups in total. The van der Waals surface area contributed by atoms with Gasteiger partial charge in [-0.2, -0.15) is 0 Å². The minimum atomic E-state index is -3.96. The molecule has 0 unspecified atom stereocenters. The number of H-pyrrole nitrogens is 1. The van der Waals surface area contributed by atoms with E-state index in [4.69, 9.17) is 0 Å². The Balaban J connectivity index is 1.35. The summed E-state index contributed by atoms with van der Waals surface area (Å²) < 4.78 is 25.4. The Morgan fingerprint density at radius 2 is 1.84 bits per heavy atom. The van der Waals surface area contributed by atoms with Crippen LogP contribution in [0.1, 0.15) is 11.3 Å². The van der Waals surface area contributed by atoms with E-state index < -0.39 is 20.7 Å². The van der Waals surface area contributed by atoms with Crippen LogP contribution in [0, 0.1) is 10.1 Å². The third kappa shape index (κ3) is 6.87. The molecule has 0 atom stereocenters. The molecule has 11 nitrogen and oxygen atoms in total. The molecule has 2 aromatic heterocycles. The zero-order valence-electron chi connectivity index (χ0n) is 19.0. The van der Waals surface area contributed by atoms with Gasteiger partial charge in [-0.05, 0) is 30.5 Å². The Bertz CT molecular complexity index is 1590. The van der Waals surface area contributed by atoms with Gasteiger partial charge in [0.25, 0.3) is 11.2 Å². The summed E-state index contributed by atoms with van der Waals surface area (Å²) in [5.74, 6) is -0.550. The van der Waals surface area contributed by atoms with E-state index in [0.717, 1.165) is 65.5 Å². The van der Waals surface area contributed by atoms with Gasteiger partial charge in [-0.1, -0.05) is 53.4 Å². The number of carbonyl (C=O) groups is 1. The number of aromatic amines is 1. The van der Waals surface area contributed by atoms with Crippen molar-refractivity contribution >= 4 is 49.7 Å². The number of benzene rings is 2. The molecule has 2 heterocycles. The molecular weight excluding hydrogens is 538 g/mol. The van der Waals surface area contributed by atoms with Crippen molar-refractivity contribution in [1.29, 1.82) is 0 Å². The van der Waals surface area contributed by atoms with Gasteiger partial charge in [-0.25, -0.2) is 18.4 Å². The van der Waals surface area contributed by atoms with Gasteiger partial charge in [0.05, 0.1) is 21.8 Å². The van der Waals surface area contributed by atoms with Gasteiger partial charge in [0.1, 0.15) is 4.21 Å². The normalized spacial score (nSPS) is 11.2. The number of rotatable bonds is 10. The number of nitrogens with one attached hydrogen (secondary N) is 2. The van der Waals surface area contributed by atoms with Crippen molar-refractivity contribution in [3.63, 3.8) is 0 Å². The lowest BCUT2D eigenvalue weighted by atomic mass is 10.1. The van der Waals surface area contributed by atoms with Gasteiger partial charge in [-0.3, -0.25) is 19.7 Å². The van der Waals surface area contributed by atoms with Crippen molar-refractivity contribution in [3.05, 3.63) is 98.6 Å². The van der Waals surface area contributed by atoms with Crippen molar-refractivity contribution in [2.45, 2.75) is 27.1 Å². The van der Waals surface area contributed by atoms with E-state index in [0.29, 0.717) is 17.3 Å². The summed E-state index contributed by atoms with van der Waals surface area (Å²) in [5.41, 5.74) is 1.18. The number of nitro groups is 1. The highest BCUT2D eigenvalue weighted by Crippen LogP contribution is 2.29. The number of anilines is 1. The third-order valence-corrected chi connectivity index (χ3v) is 9.00. The highest BCUT2D eigenvalue weighted by Gasteiger charge is 2.22. The summed E-state index contributed by atoms with van der Waals surface area (Å²) in [5, 5.41) is 13.7. The Hall–Kier alpha value is -3.88.